The first-order valence-corrected chi connectivity index (χ1v) is 9.38. The number of aryl methyl sites for hydroxylation is 1. The molecule has 0 radical (unpaired) electrons. The Morgan fingerprint density at radius 2 is 1.90 bits per heavy atom. The van der Waals surface area contributed by atoms with Crippen LogP contribution < -0.4 is 0 Å². The lowest BCUT2D eigenvalue weighted by Gasteiger charge is -2.01. The van der Waals surface area contributed by atoms with E-state index in [9.17, 15) is 10.1 Å². The number of nitriles is 1. The van der Waals surface area contributed by atoms with Crippen molar-refractivity contribution in [2.75, 3.05) is 0 Å². The summed E-state index contributed by atoms with van der Waals surface area (Å²) in [5.74, 6) is 0. The zero-order valence-corrected chi connectivity index (χ0v) is 16.0. The second-order valence-corrected chi connectivity index (χ2v) is 6.65. The molecule has 0 aliphatic heterocycles. The van der Waals surface area contributed by atoms with E-state index in [1.807, 2.05) is 60.8 Å². The summed E-state index contributed by atoms with van der Waals surface area (Å²) in [6.07, 6.45) is 5.96. The SMILES string of the molecule is N#CCCn1cc(/C=C/c2ccc3cccc([N+](=O)[O-])c3n2)c(-c2ccccc2)n1. The molecule has 2 aromatic carbocycles. The number of benzene rings is 2. The fourth-order valence-corrected chi connectivity index (χ4v) is 3.22. The third-order valence-electron chi connectivity index (χ3n) is 4.64. The first-order valence-electron chi connectivity index (χ1n) is 9.38. The molecule has 4 aromatic rings. The standard InChI is InChI=1S/C23H17N5O2/c24-14-5-15-27-16-19(22(26-27)17-6-2-1-3-7-17)11-13-20-12-10-18-8-4-9-21(28(29)30)23(18)25-20/h1-4,6-13,16H,5,15H2/b13-11+. The highest BCUT2D eigenvalue weighted by Gasteiger charge is 2.13. The second-order valence-electron chi connectivity index (χ2n) is 6.65. The van der Waals surface area contributed by atoms with Gasteiger partial charge in [0.2, 0.25) is 0 Å². The molecule has 0 bridgehead atoms. The first-order chi connectivity index (χ1) is 14.7. The third kappa shape index (κ3) is 3.93. The molecule has 4 rings (SSSR count). The fourth-order valence-electron chi connectivity index (χ4n) is 3.22. The Hall–Kier alpha value is -4.31. The van der Waals surface area contributed by atoms with Crippen molar-refractivity contribution in [2.45, 2.75) is 13.0 Å². The minimum absolute atomic E-state index is 0.0166. The van der Waals surface area contributed by atoms with Gasteiger partial charge in [-0.1, -0.05) is 48.5 Å². The normalized spacial score (nSPS) is 11.0. The van der Waals surface area contributed by atoms with Gasteiger partial charge >= 0.3 is 0 Å². The van der Waals surface area contributed by atoms with Crippen LogP contribution in [-0.4, -0.2) is 19.7 Å². The molecule has 0 fully saturated rings. The van der Waals surface area contributed by atoms with E-state index in [1.54, 1.807) is 16.8 Å². The van der Waals surface area contributed by atoms with Crippen molar-refractivity contribution in [2.24, 2.45) is 0 Å². The Balaban J connectivity index is 1.73. The van der Waals surface area contributed by atoms with Crippen LogP contribution in [0.1, 0.15) is 17.7 Å². The lowest BCUT2D eigenvalue weighted by molar-refractivity contribution is -0.383. The second kappa shape index (κ2) is 8.37. The van der Waals surface area contributed by atoms with Crippen molar-refractivity contribution in [3.8, 4) is 17.3 Å². The summed E-state index contributed by atoms with van der Waals surface area (Å²) in [6.45, 7) is 0.505. The van der Waals surface area contributed by atoms with Crippen molar-refractivity contribution in [1.29, 1.82) is 5.26 Å². The van der Waals surface area contributed by atoms with Gasteiger partial charge in [0, 0.05) is 28.8 Å². The molecule has 0 aliphatic carbocycles. The molecule has 146 valence electrons. The van der Waals surface area contributed by atoms with Crippen LogP contribution in [0.4, 0.5) is 5.69 Å². The predicted molar refractivity (Wildman–Crippen MR) is 115 cm³/mol. The lowest BCUT2D eigenvalue weighted by atomic mass is 10.1. The molecule has 0 aliphatic rings. The Morgan fingerprint density at radius 3 is 2.67 bits per heavy atom. The summed E-state index contributed by atoms with van der Waals surface area (Å²) >= 11 is 0. The van der Waals surface area contributed by atoms with Crippen LogP contribution >= 0.6 is 0 Å². The Bertz CT molecular complexity index is 1290. The molecule has 7 heteroatoms. The van der Waals surface area contributed by atoms with Gasteiger partial charge in [-0.2, -0.15) is 10.4 Å². The Kier molecular flexibility index (Phi) is 5.31. The number of pyridine rings is 1. The van der Waals surface area contributed by atoms with E-state index in [0.29, 0.717) is 24.2 Å². The number of fused-ring (bicyclic) bond motifs is 1. The van der Waals surface area contributed by atoms with E-state index in [4.69, 9.17) is 5.26 Å². The molecule has 7 nitrogen and oxygen atoms in total. The monoisotopic (exact) mass is 395 g/mol. The van der Waals surface area contributed by atoms with E-state index in [1.165, 1.54) is 6.07 Å². The largest absolute Gasteiger partial charge is 0.295 e. The van der Waals surface area contributed by atoms with Crippen LogP contribution in [0, 0.1) is 21.4 Å². The molecule has 0 amide bonds. The van der Waals surface area contributed by atoms with E-state index in [0.717, 1.165) is 22.2 Å². The van der Waals surface area contributed by atoms with Gasteiger partial charge in [0.05, 0.1) is 35.3 Å². The number of non-ortho nitro benzene ring substituents is 1. The maximum absolute atomic E-state index is 11.3. The Morgan fingerprint density at radius 1 is 1.07 bits per heavy atom. The van der Waals surface area contributed by atoms with Gasteiger partial charge in [-0.3, -0.25) is 14.8 Å². The summed E-state index contributed by atoms with van der Waals surface area (Å²) in [6, 6.07) is 20.5. The molecular weight excluding hydrogens is 378 g/mol. The van der Waals surface area contributed by atoms with Crippen molar-refractivity contribution in [1.82, 2.24) is 14.8 Å². The molecule has 0 unspecified atom stereocenters. The van der Waals surface area contributed by atoms with Gasteiger partial charge in [-0.25, -0.2) is 4.98 Å². The highest BCUT2D eigenvalue weighted by atomic mass is 16.6. The summed E-state index contributed by atoms with van der Waals surface area (Å²) in [7, 11) is 0. The van der Waals surface area contributed by atoms with Crippen molar-refractivity contribution < 1.29 is 4.92 Å². The number of nitrogens with zero attached hydrogens (tertiary/aromatic N) is 5. The molecule has 0 atom stereocenters. The lowest BCUT2D eigenvalue weighted by Crippen LogP contribution is -1.97. The zero-order chi connectivity index (χ0) is 20.9. The van der Waals surface area contributed by atoms with E-state index >= 15 is 0 Å². The van der Waals surface area contributed by atoms with Crippen molar-refractivity contribution >= 4 is 28.7 Å². The predicted octanol–water partition coefficient (Wildman–Crippen LogP) is 5.09. The maximum atomic E-state index is 11.3. The molecule has 0 saturated carbocycles. The van der Waals surface area contributed by atoms with Crippen molar-refractivity contribution in [3.05, 3.63) is 88.2 Å². The van der Waals surface area contributed by atoms with Crippen LogP contribution in [0.15, 0.2) is 66.9 Å². The first kappa shape index (κ1) is 19.0. The highest BCUT2D eigenvalue weighted by Crippen LogP contribution is 2.26. The van der Waals surface area contributed by atoms with Crippen LogP contribution in [0.5, 0.6) is 0 Å². The number of para-hydroxylation sites is 1. The van der Waals surface area contributed by atoms with Crippen LogP contribution in [0.2, 0.25) is 0 Å². The molecular formula is C23H17N5O2. The zero-order valence-electron chi connectivity index (χ0n) is 16.0. The van der Waals surface area contributed by atoms with E-state index in [2.05, 4.69) is 16.2 Å². The fraction of sp³-hybridized carbons (Fsp3) is 0.0870. The number of aromatic nitrogens is 3. The van der Waals surface area contributed by atoms with Gasteiger partial charge in [-0.15, -0.1) is 0 Å². The van der Waals surface area contributed by atoms with Gasteiger partial charge in [0.15, 0.2) is 0 Å². The van der Waals surface area contributed by atoms with Crippen LogP contribution in [-0.2, 0) is 6.54 Å². The van der Waals surface area contributed by atoms with Gasteiger partial charge < -0.3 is 0 Å². The number of nitro benzene ring substituents is 1. The number of hydrogen-bond donors (Lipinski definition) is 0. The number of rotatable bonds is 6. The quantitative estimate of drug-likeness (QED) is 0.334. The average molecular weight is 395 g/mol. The van der Waals surface area contributed by atoms with Crippen LogP contribution in [0.25, 0.3) is 34.3 Å². The van der Waals surface area contributed by atoms with E-state index in [-0.39, 0.29) is 5.69 Å². The van der Waals surface area contributed by atoms with Gasteiger partial charge in [0.1, 0.15) is 5.52 Å². The summed E-state index contributed by atoms with van der Waals surface area (Å²) in [5.41, 5.74) is 3.60. The average Bonchev–Trinajstić information content (AvgIpc) is 3.19. The number of nitro groups is 1. The molecule has 30 heavy (non-hydrogen) atoms. The maximum Gasteiger partial charge on any atom is 0.295 e. The Labute approximate surface area is 172 Å². The smallest absolute Gasteiger partial charge is 0.270 e. The van der Waals surface area contributed by atoms with Gasteiger partial charge in [0.25, 0.3) is 5.69 Å². The minimum Gasteiger partial charge on any atom is -0.270 e. The molecule has 0 spiro atoms. The summed E-state index contributed by atoms with van der Waals surface area (Å²) < 4.78 is 1.75. The number of hydrogen-bond acceptors (Lipinski definition) is 5. The van der Waals surface area contributed by atoms with Crippen LogP contribution in [0.3, 0.4) is 0 Å². The summed E-state index contributed by atoms with van der Waals surface area (Å²) in [5, 5.41) is 25.5. The molecule has 0 saturated heterocycles. The van der Waals surface area contributed by atoms with Gasteiger partial charge in [-0.05, 0) is 18.2 Å². The molecule has 0 N–H and O–H groups in total. The molecule has 2 heterocycles. The van der Waals surface area contributed by atoms with Crippen molar-refractivity contribution in [3.63, 3.8) is 0 Å². The topological polar surface area (TPSA) is 97.6 Å². The highest BCUT2D eigenvalue weighted by molar-refractivity contribution is 5.88. The third-order valence-corrected chi connectivity index (χ3v) is 4.64. The summed E-state index contributed by atoms with van der Waals surface area (Å²) in [4.78, 5) is 15.4. The minimum atomic E-state index is -0.421. The molecule has 2 aromatic heterocycles. The van der Waals surface area contributed by atoms with E-state index < -0.39 is 4.92 Å².